The van der Waals surface area contributed by atoms with Crippen molar-refractivity contribution < 1.29 is 9.18 Å². The van der Waals surface area contributed by atoms with E-state index in [-0.39, 0.29) is 23.8 Å². The molecule has 124 valence electrons. The Morgan fingerprint density at radius 2 is 2.17 bits per heavy atom. The average molecular weight is 318 g/mol. The smallest absolute Gasteiger partial charge is 0.239 e. The highest BCUT2D eigenvalue weighted by Crippen LogP contribution is 2.07. The van der Waals surface area contributed by atoms with E-state index in [9.17, 15) is 9.18 Å². The molecule has 0 spiro atoms. The molecule has 0 aliphatic carbocycles. The predicted molar refractivity (Wildman–Crippen MR) is 87.2 cm³/mol. The first-order valence-electron chi connectivity index (χ1n) is 7.68. The summed E-state index contributed by atoms with van der Waals surface area (Å²) in [6.07, 6.45) is 3.62. The van der Waals surface area contributed by atoms with E-state index in [0.29, 0.717) is 13.1 Å². The number of rotatable bonds is 7. The van der Waals surface area contributed by atoms with E-state index in [1.807, 2.05) is 36.9 Å². The zero-order chi connectivity index (χ0) is 16.8. The van der Waals surface area contributed by atoms with Crippen LogP contribution in [0.4, 0.5) is 4.39 Å². The maximum absolute atomic E-state index is 13.2. The first kappa shape index (κ1) is 17.1. The normalized spacial score (nSPS) is 13.6. The third kappa shape index (κ3) is 5.17. The summed E-state index contributed by atoms with van der Waals surface area (Å²) in [5.41, 5.74) is 0.776. The summed E-state index contributed by atoms with van der Waals surface area (Å²) in [6.45, 7) is 4.93. The van der Waals surface area contributed by atoms with Gasteiger partial charge in [0.25, 0.3) is 0 Å². The molecule has 2 rings (SSSR count). The van der Waals surface area contributed by atoms with Crippen molar-refractivity contribution in [1.29, 1.82) is 0 Å². The summed E-state index contributed by atoms with van der Waals surface area (Å²) in [4.78, 5) is 14.0. The van der Waals surface area contributed by atoms with Crippen molar-refractivity contribution in [3.05, 3.63) is 54.1 Å². The van der Waals surface area contributed by atoms with Crippen LogP contribution < -0.4 is 5.32 Å². The fraction of sp³-hybridized carbons (Fsp3) is 0.412. The highest BCUT2D eigenvalue weighted by molar-refractivity contribution is 5.81. The molecular weight excluding hydrogens is 295 g/mol. The van der Waals surface area contributed by atoms with E-state index < -0.39 is 0 Å². The molecule has 6 heteroatoms. The van der Waals surface area contributed by atoms with Crippen LogP contribution in [0.3, 0.4) is 0 Å². The number of amides is 1. The molecule has 0 saturated heterocycles. The maximum atomic E-state index is 13.2. The van der Waals surface area contributed by atoms with Gasteiger partial charge in [0.05, 0.1) is 12.6 Å². The lowest BCUT2D eigenvalue weighted by Gasteiger charge is -2.25. The molecule has 1 aromatic carbocycles. The van der Waals surface area contributed by atoms with Gasteiger partial charge in [0.1, 0.15) is 5.82 Å². The second-order valence-electron chi connectivity index (χ2n) is 5.84. The van der Waals surface area contributed by atoms with E-state index in [4.69, 9.17) is 0 Å². The van der Waals surface area contributed by atoms with E-state index >= 15 is 0 Å². The van der Waals surface area contributed by atoms with Gasteiger partial charge in [-0.1, -0.05) is 12.1 Å². The topological polar surface area (TPSA) is 50.2 Å². The predicted octanol–water partition coefficient (Wildman–Crippen LogP) is 2.05. The van der Waals surface area contributed by atoms with Gasteiger partial charge in [-0.3, -0.25) is 9.48 Å². The van der Waals surface area contributed by atoms with Gasteiger partial charge in [0, 0.05) is 32.0 Å². The van der Waals surface area contributed by atoms with Gasteiger partial charge in [0.15, 0.2) is 0 Å². The Kier molecular flexibility index (Phi) is 5.87. The van der Waals surface area contributed by atoms with Gasteiger partial charge in [-0.25, -0.2) is 4.39 Å². The molecule has 2 atom stereocenters. The monoisotopic (exact) mass is 318 g/mol. The summed E-state index contributed by atoms with van der Waals surface area (Å²) in [6, 6.07) is 7.96. The Labute approximate surface area is 136 Å². The van der Waals surface area contributed by atoms with Gasteiger partial charge in [-0.05, 0) is 37.6 Å². The van der Waals surface area contributed by atoms with E-state index in [1.54, 1.807) is 24.2 Å². The molecular formula is C17H23FN4O. The van der Waals surface area contributed by atoms with Gasteiger partial charge in [-0.2, -0.15) is 5.10 Å². The van der Waals surface area contributed by atoms with Crippen molar-refractivity contribution in [2.24, 2.45) is 0 Å². The Hall–Kier alpha value is -2.21. The van der Waals surface area contributed by atoms with Crippen LogP contribution >= 0.6 is 0 Å². The third-order valence-corrected chi connectivity index (χ3v) is 3.61. The summed E-state index contributed by atoms with van der Waals surface area (Å²) in [5.74, 6) is -0.316. The second kappa shape index (κ2) is 7.87. The van der Waals surface area contributed by atoms with Gasteiger partial charge in [0.2, 0.25) is 5.91 Å². The number of hydrogen-bond donors (Lipinski definition) is 1. The zero-order valence-electron chi connectivity index (χ0n) is 13.7. The van der Waals surface area contributed by atoms with Crippen molar-refractivity contribution in [3.63, 3.8) is 0 Å². The molecule has 2 aromatic rings. The molecule has 1 N–H and O–H groups in total. The molecule has 0 bridgehead atoms. The van der Waals surface area contributed by atoms with Crippen LogP contribution in [0.25, 0.3) is 0 Å². The van der Waals surface area contributed by atoms with Crippen LogP contribution in [0.15, 0.2) is 42.7 Å². The molecule has 0 aliphatic rings. The molecule has 0 aliphatic heterocycles. The Morgan fingerprint density at radius 3 is 2.83 bits per heavy atom. The van der Waals surface area contributed by atoms with Gasteiger partial charge in [-0.15, -0.1) is 0 Å². The molecule has 0 unspecified atom stereocenters. The van der Waals surface area contributed by atoms with Crippen LogP contribution in [0, 0.1) is 5.82 Å². The van der Waals surface area contributed by atoms with Crippen molar-refractivity contribution >= 4 is 5.91 Å². The minimum atomic E-state index is -0.320. The van der Waals surface area contributed by atoms with Crippen LogP contribution in [-0.4, -0.2) is 39.7 Å². The molecule has 5 nitrogen and oxygen atoms in total. The Morgan fingerprint density at radius 1 is 1.39 bits per heavy atom. The minimum Gasteiger partial charge on any atom is -0.340 e. The Balaban J connectivity index is 1.85. The first-order valence-corrected chi connectivity index (χ1v) is 7.68. The summed E-state index contributed by atoms with van der Waals surface area (Å²) in [5, 5.41) is 7.42. The van der Waals surface area contributed by atoms with Gasteiger partial charge >= 0.3 is 0 Å². The van der Waals surface area contributed by atoms with Crippen LogP contribution in [0.5, 0.6) is 0 Å². The number of carbonyl (C=O) groups is 1. The van der Waals surface area contributed by atoms with Crippen molar-refractivity contribution in [1.82, 2.24) is 20.0 Å². The molecule has 1 amide bonds. The lowest BCUT2D eigenvalue weighted by Crippen LogP contribution is -2.47. The number of carbonyl (C=O) groups excluding carboxylic acids is 1. The number of likely N-dealkylation sites (N-methyl/N-ethyl adjacent to an activating group) is 1. The highest BCUT2D eigenvalue weighted by Gasteiger charge is 2.19. The summed E-state index contributed by atoms with van der Waals surface area (Å²) in [7, 11) is 1.73. The quantitative estimate of drug-likeness (QED) is 0.850. The molecule has 1 heterocycles. The fourth-order valence-electron chi connectivity index (χ4n) is 2.56. The summed E-state index contributed by atoms with van der Waals surface area (Å²) >= 11 is 0. The number of benzene rings is 1. The number of nitrogens with one attached hydrogen (secondary N) is 1. The first-order chi connectivity index (χ1) is 11.0. The molecule has 1 aromatic heterocycles. The van der Waals surface area contributed by atoms with Crippen molar-refractivity contribution in [2.45, 2.75) is 39.0 Å². The summed E-state index contributed by atoms with van der Waals surface area (Å²) < 4.78 is 15.0. The molecule has 0 radical (unpaired) electrons. The maximum Gasteiger partial charge on any atom is 0.239 e. The number of halogens is 1. The Bertz CT molecular complexity index is 629. The average Bonchev–Trinajstić information content (AvgIpc) is 2.99. The van der Waals surface area contributed by atoms with E-state index in [2.05, 4.69) is 10.4 Å². The minimum absolute atomic E-state index is 0.0263. The largest absolute Gasteiger partial charge is 0.340 e. The molecule has 0 fully saturated rings. The van der Waals surface area contributed by atoms with Crippen LogP contribution in [0.2, 0.25) is 0 Å². The van der Waals surface area contributed by atoms with Crippen LogP contribution in [0.1, 0.15) is 19.4 Å². The van der Waals surface area contributed by atoms with Gasteiger partial charge < -0.3 is 10.2 Å². The van der Waals surface area contributed by atoms with Crippen molar-refractivity contribution in [3.8, 4) is 0 Å². The highest BCUT2D eigenvalue weighted by atomic mass is 19.1. The third-order valence-electron chi connectivity index (χ3n) is 3.61. The number of aromatic nitrogens is 2. The van der Waals surface area contributed by atoms with Crippen LogP contribution in [-0.2, 0) is 17.9 Å². The number of nitrogens with zero attached hydrogens (tertiary/aromatic N) is 3. The molecule has 23 heavy (non-hydrogen) atoms. The molecule has 0 saturated carbocycles. The fourth-order valence-corrected chi connectivity index (χ4v) is 2.56. The van der Waals surface area contributed by atoms with Crippen molar-refractivity contribution in [2.75, 3.05) is 7.05 Å². The number of hydrogen-bond acceptors (Lipinski definition) is 3. The lowest BCUT2D eigenvalue weighted by atomic mass is 10.2. The zero-order valence-corrected chi connectivity index (χ0v) is 13.7. The van der Waals surface area contributed by atoms with E-state index in [0.717, 1.165) is 5.56 Å². The SMILES string of the molecule is C[C@@H](Cn1cccn1)N[C@H](C)C(=O)N(C)Cc1cccc(F)c1. The standard InChI is InChI=1S/C17H23FN4O/c1-13(11-22-9-5-8-19-22)20-14(2)17(23)21(3)12-15-6-4-7-16(18)10-15/h4-10,13-14,20H,11-12H2,1-3H3/t13-,14+/m0/s1. The lowest BCUT2D eigenvalue weighted by molar-refractivity contribution is -0.132. The van der Waals surface area contributed by atoms with E-state index in [1.165, 1.54) is 12.1 Å². The second-order valence-corrected chi connectivity index (χ2v) is 5.84.